The minimum atomic E-state index is -1.24. The van der Waals surface area contributed by atoms with Gasteiger partial charge in [-0.25, -0.2) is 0 Å². The number of para-hydroxylation sites is 1. The van der Waals surface area contributed by atoms with E-state index in [1.165, 1.54) is 10.8 Å². The second-order valence-electron chi connectivity index (χ2n) is 17.1. The molecule has 0 aliphatic carbocycles. The molecule has 0 fully saturated rings. The van der Waals surface area contributed by atoms with Crippen LogP contribution in [0.3, 0.4) is 0 Å². The van der Waals surface area contributed by atoms with Crippen LogP contribution in [0.4, 0.5) is 0 Å². The van der Waals surface area contributed by atoms with Crippen LogP contribution < -0.4 is 5.19 Å². The Balaban J connectivity index is 0.000000250. The van der Waals surface area contributed by atoms with E-state index < -0.39 is 8.07 Å². The fourth-order valence-corrected chi connectivity index (χ4v) is 9.30. The third kappa shape index (κ3) is 8.64. The summed E-state index contributed by atoms with van der Waals surface area (Å²) in [6, 6.07) is 62.0. The zero-order valence-corrected chi connectivity index (χ0v) is 40.2. The summed E-state index contributed by atoms with van der Waals surface area (Å²) in [6.45, 7) is 11.1. The smallest absolute Gasteiger partial charge is 0.141 e. The standard InChI is InChI=1S/C42H27N4O.C15H18NSi.Ir/c1-27-39-37(22-23-43-27)45-41(32-24-36-35-21-20-31(28-12-5-2-6-13-28)25-38(35)47-42(36)44-26-32)46(39)40-33(29-14-7-3-8-15-29)18-11-19-34(40)30-16-9-4-10-17-30;1-12-5-7-13(8-6-12)15-10-9-14(11-16-15)17(2,3)4;/h2-25H,1H3;5-7,9-11H,1-4H3;/q2*-1;. The van der Waals surface area contributed by atoms with Crippen LogP contribution in [0.5, 0.6) is 0 Å². The summed E-state index contributed by atoms with van der Waals surface area (Å²) in [4.78, 5) is 19.2. The molecule has 0 bridgehead atoms. The average Bonchev–Trinajstić information content (AvgIpc) is 3.91. The van der Waals surface area contributed by atoms with Gasteiger partial charge in [0.15, 0.2) is 0 Å². The van der Waals surface area contributed by atoms with Gasteiger partial charge < -0.3 is 19.0 Å². The third-order valence-corrected chi connectivity index (χ3v) is 13.7. The summed E-state index contributed by atoms with van der Waals surface area (Å²) in [5, 5.41) is 3.31. The molecule has 0 N–H and O–H groups in total. The van der Waals surface area contributed by atoms with Crippen molar-refractivity contribution in [1.82, 2.24) is 24.5 Å². The van der Waals surface area contributed by atoms with Crippen LogP contribution in [0, 0.1) is 26.1 Å². The van der Waals surface area contributed by atoms with Gasteiger partial charge in [-0.05, 0) is 63.8 Å². The Kier molecular flexibility index (Phi) is 12.1. The Labute approximate surface area is 394 Å². The van der Waals surface area contributed by atoms with E-state index in [1.807, 2.05) is 61.8 Å². The topological polar surface area (TPSA) is 69.6 Å². The van der Waals surface area contributed by atoms with E-state index in [1.54, 1.807) is 0 Å². The summed E-state index contributed by atoms with van der Waals surface area (Å²) in [7, 11) is -1.24. The van der Waals surface area contributed by atoms with E-state index in [0.29, 0.717) is 5.71 Å². The molecule has 0 amide bonds. The molecule has 0 spiro atoms. The summed E-state index contributed by atoms with van der Waals surface area (Å²) in [6.07, 6.45) is 7.14. The molecule has 11 rings (SSSR count). The molecule has 0 saturated carbocycles. The van der Waals surface area contributed by atoms with Crippen molar-refractivity contribution in [2.75, 3.05) is 0 Å². The molecule has 0 saturated heterocycles. The Hall–Kier alpha value is -7.09. The van der Waals surface area contributed by atoms with Gasteiger partial charge in [0.2, 0.25) is 0 Å². The average molecular weight is 1040 g/mol. The van der Waals surface area contributed by atoms with Crippen LogP contribution in [0.25, 0.3) is 94.8 Å². The molecule has 5 aromatic heterocycles. The minimum absolute atomic E-state index is 0. The molecule has 5 heterocycles. The summed E-state index contributed by atoms with van der Waals surface area (Å²) >= 11 is 0. The molecule has 11 aromatic rings. The monoisotopic (exact) mass is 1040 g/mol. The third-order valence-electron chi connectivity index (χ3n) is 11.7. The first-order valence-corrected chi connectivity index (χ1v) is 25.0. The van der Waals surface area contributed by atoms with Gasteiger partial charge in [0.05, 0.1) is 36.3 Å². The normalized spacial score (nSPS) is 11.3. The first kappa shape index (κ1) is 43.2. The van der Waals surface area contributed by atoms with Crippen LogP contribution >= 0.6 is 0 Å². The maximum absolute atomic E-state index is 6.27. The fourth-order valence-electron chi connectivity index (χ4n) is 8.26. The second-order valence-corrected chi connectivity index (χ2v) is 22.2. The van der Waals surface area contributed by atoms with Crippen molar-refractivity contribution in [3.63, 3.8) is 0 Å². The first-order chi connectivity index (χ1) is 31.2. The Bertz CT molecular complexity index is 3360. The molecule has 0 aliphatic rings. The van der Waals surface area contributed by atoms with Crippen molar-refractivity contribution in [3.05, 3.63) is 206 Å². The number of nitrogens with zero attached hydrogens (tertiary/aromatic N) is 5. The summed E-state index contributed by atoms with van der Waals surface area (Å²) < 4.78 is 8.52. The number of aryl methyl sites for hydroxylation is 2. The van der Waals surface area contributed by atoms with E-state index in [0.717, 1.165) is 94.8 Å². The molecular weight excluding hydrogens is 991 g/mol. The molecule has 1 radical (unpaired) electrons. The van der Waals surface area contributed by atoms with Crippen LogP contribution in [0.1, 0.15) is 11.3 Å². The zero-order valence-electron chi connectivity index (χ0n) is 36.8. The van der Waals surface area contributed by atoms with Crippen LogP contribution in [-0.4, -0.2) is 32.6 Å². The van der Waals surface area contributed by atoms with E-state index in [4.69, 9.17) is 19.4 Å². The van der Waals surface area contributed by atoms with Gasteiger partial charge in [-0.2, -0.15) is 0 Å². The van der Waals surface area contributed by atoms with Crippen molar-refractivity contribution in [2.24, 2.45) is 0 Å². The van der Waals surface area contributed by atoms with E-state index >= 15 is 0 Å². The van der Waals surface area contributed by atoms with Gasteiger partial charge in [-0.3, -0.25) is 9.97 Å². The van der Waals surface area contributed by atoms with E-state index in [-0.39, 0.29) is 20.1 Å². The molecule has 65 heavy (non-hydrogen) atoms. The first-order valence-electron chi connectivity index (χ1n) is 21.5. The van der Waals surface area contributed by atoms with Gasteiger partial charge in [-0.15, -0.1) is 41.5 Å². The van der Waals surface area contributed by atoms with E-state index in [2.05, 4.69) is 176 Å². The van der Waals surface area contributed by atoms with Gasteiger partial charge in [-0.1, -0.05) is 166 Å². The predicted octanol–water partition coefficient (Wildman–Crippen LogP) is 13.9. The molecule has 319 valence electrons. The molecule has 6 aromatic carbocycles. The SMILES string of the molecule is Cc1c[c-]c(-c2ccc([Si](C)(C)C)cn2)cc1.Cc1nccc2nc(-c3[c-]nc4oc5cc(-c6ccccc6)ccc5c4c3)n(-c3c(-c4ccccc4)cccc3-c3ccccc3)c12.[Ir]. The fraction of sp³-hybridized carbons (Fsp3) is 0.0877. The van der Waals surface area contributed by atoms with Gasteiger partial charge in [0.25, 0.3) is 0 Å². The Morgan fingerprint density at radius 1 is 0.600 bits per heavy atom. The molecule has 0 aliphatic heterocycles. The van der Waals surface area contributed by atoms with Crippen LogP contribution in [0.15, 0.2) is 187 Å². The van der Waals surface area contributed by atoms with Gasteiger partial charge >= 0.3 is 0 Å². The number of fused-ring (bicyclic) bond motifs is 4. The molecule has 8 heteroatoms. The largest absolute Gasteiger partial charge is 0.483 e. The van der Waals surface area contributed by atoms with Crippen molar-refractivity contribution in [2.45, 2.75) is 33.5 Å². The number of imidazole rings is 1. The van der Waals surface area contributed by atoms with Crippen molar-refractivity contribution >= 4 is 46.4 Å². The predicted molar refractivity (Wildman–Crippen MR) is 265 cm³/mol. The van der Waals surface area contributed by atoms with Gasteiger partial charge in [0, 0.05) is 49.0 Å². The number of hydrogen-bond donors (Lipinski definition) is 0. The maximum atomic E-state index is 6.27. The molecule has 0 unspecified atom stereocenters. The maximum Gasteiger partial charge on any atom is 0.141 e. The van der Waals surface area contributed by atoms with Crippen molar-refractivity contribution in [3.8, 4) is 61.7 Å². The molecule has 6 nitrogen and oxygen atoms in total. The summed E-state index contributed by atoms with van der Waals surface area (Å²) in [5.74, 6) is 0.737. The quantitative estimate of drug-likeness (QED) is 0.117. The number of hydrogen-bond acceptors (Lipinski definition) is 5. The number of aromatic nitrogens is 5. The zero-order chi connectivity index (χ0) is 43.8. The van der Waals surface area contributed by atoms with Crippen LogP contribution in [-0.2, 0) is 20.1 Å². The summed E-state index contributed by atoms with van der Waals surface area (Å²) in [5.41, 5.74) is 15.8. The number of rotatable bonds is 7. The van der Waals surface area contributed by atoms with E-state index in [9.17, 15) is 0 Å². The molecule has 0 atom stereocenters. The minimum Gasteiger partial charge on any atom is -0.483 e. The van der Waals surface area contributed by atoms with Crippen molar-refractivity contribution < 1.29 is 24.5 Å². The number of pyridine rings is 3. The number of furan rings is 1. The number of benzene rings is 6. The Morgan fingerprint density at radius 3 is 1.89 bits per heavy atom. The van der Waals surface area contributed by atoms with Gasteiger partial charge in [0.1, 0.15) is 11.3 Å². The van der Waals surface area contributed by atoms with Crippen molar-refractivity contribution in [1.29, 1.82) is 0 Å². The second kappa shape index (κ2) is 18.2. The molecular formula is C57H45IrN5OSi-2. The Morgan fingerprint density at radius 2 is 1.28 bits per heavy atom. The van der Waals surface area contributed by atoms with Crippen LogP contribution in [0.2, 0.25) is 19.6 Å².